The summed E-state index contributed by atoms with van der Waals surface area (Å²) in [6, 6.07) is 29.3. The number of rotatable bonds is 7. The molecule has 1 heterocycles. The number of benzene rings is 3. The topological polar surface area (TPSA) is 74.7 Å². The number of sulfonamides is 1. The summed E-state index contributed by atoms with van der Waals surface area (Å²) in [5, 5.41) is 9.50. The van der Waals surface area contributed by atoms with Crippen LogP contribution in [0.4, 0.5) is 0 Å². The van der Waals surface area contributed by atoms with Gasteiger partial charge in [0.25, 0.3) is 0 Å². The molecule has 0 amide bonds. The van der Waals surface area contributed by atoms with E-state index < -0.39 is 26.8 Å². The average molecular weight is 468 g/mol. The zero-order chi connectivity index (χ0) is 22.8. The lowest BCUT2D eigenvalue weighted by Crippen LogP contribution is -2.39. The summed E-state index contributed by atoms with van der Waals surface area (Å²) < 4.78 is 25.1. The van der Waals surface area contributed by atoms with Gasteiger partial charge in [0.15, 0.2) is 0 Å². The summed E-state index contributed by atoms with van der Waals surface area (Å²) in [6.07, 6.45) is 1.33. The summed E-state index contributed by atoms with van der Waals surface area (Å²) in [5.41, 5.74) is 3.19. The van der Waals surface area contributed by atoms with Crippen molar-refractivity contribution >= 4 is 27.8 Å². The highest BCUT2D eigenvalue weighted by Gasteiger charge is 2.47. The predicted molar refractivity (Wildman–Crippen MR) is 128 cm³/mol. The van der Waals surface area contributed by atoms with Crippen molar-refractivity contribution in [3.8, 4) is 0 Å². The van der Waals surface area contributed by atoms with Gasteiger partial charge in [-0.25, -0.2) is 8.42 Å². The van der Waals surface area contributed by atoms with Crippen LogP contribution in [0.25, 0.3) is 0 Å². The summed E-state index contributed by atoms with van der Waals surface area (Å²) in [6.45, 7) is 0.161. The van der Waals surface area contributed by atoms with Crippen molar-refractivity contribution in [3.05, 3.63) is 108 Å². The molecule has 7 heteroatoms. The van der Waals surface area contributed by atoms with E-state index in [-0.39, 0.29) is 18.2 Å². The van der Waals surface area contributed by atoms with Crippen molar-refractivity contribution in [1.29, 1.82) is 0 Å². The van der Waals surface area contributed by atoms with E-state index in [0.717, 1.165) is 27.3 Å². The standard InChI is InChI=1S/C25H25NO4S2/c1-32(29,30)26-18-22(17-23(26)24(27)28)31-25(19-11-5-2-6-12-19,20-13-7-3-8-14-20)21-15-9-4-10-16-21/h2-16,22-23H,17-18H2,1H3,(H,27,28). The van der Waals surface area contributed by atoms with Crippen LogP contribution in [0.5, 0.6) is 0 Å². The molecule has 1 N–H and O–H groups in total. The van der Waals surface area contributed by atoms with E-state index >= 15 is 0 Å². The third-order valence-electron chi connectivity index (χ3n) is 5.81. The van der Waals surface area contributed by atoms with Gasteiger partial charge in [-0.2, -0.15) is 4.31 Å². The van der Waals surface area contributed by atoms with Crippen molar-refractivity contribution < 1.29 is 18.3 Å². The summed E-state index contributed by atoms with van der Waals surface area (Å²) >= 11 is 1.63. The van der Waals surface area contributed by atoms with Gasteiger partial charge in [-0.3, -0.25) is 4.79 Å². The van der Waals surface area contributed by atoms with Crippen molar-refractivity contribution in [2.24, 2.45) is 0 Å². The molecule has 3 aromatic rings. The summed E-state index contributed by atoms with van der Waals surface area (Å²) in [5.74, 6) is -1.11. The lowest BCUT2D eigenvalue weighted by atomic mass is 9.84. The number of nitrogens with zero attached hydrogens (tertiary/aromatic N) is 1. The maximum absolute atomic E-state index is 12.3. The maximum atomic E-state index is 12.3. The van der Waals surface area contributed by atoms with E-state index in [4.69, 9.17) is 0 Å². The highest BCUT2D eigenvalue weighted by molar-refractivity contribution is 8.01. The molecule has 1 aliphatic heterocycles. The van der Waals surface area contributed by atoms with Crippen LogP contribution in [0.2, 0.25) is 0 Å². The molecule has 5 nitrogen and oxygen atoms in total. The van der Waals surface area contributed by atoms with Crippen LogP contribution in [-0.4, -0.2) is 47.9 Å². The predicted octanol–water partition coefficient (Wildman–Crippen LogP) is 4.20. The van der Waals surface area contributed by atoms with Gasteiger partial charge < -0.3 is 5.11 Å². The van der Waals surface area contributed by atoms with Crippen LogP contribution < -0.4 is 0 Å². The molecule has 1 aliphatic rings. The third-order valence-corrected chi connectivity index (χ3v) is 8.80. The van der Waals surface area contributed by atoms with Crippen LogP contribution >= 0.6 is 11.8 Å². The molecule has 32 heavy (non-hydrogen) atoms. The van der Waals surface area contributed by atoms with Crippen LogP contribution in [0.1, 0.15) is 23.1 Å². The Balaban J connectivity index is 1.87. The van der Waals surface area contributed by atoms with Crippen LogP contribution in [0.15, 0.2) is 91.0 Å². The van der Waals surface area contributed by atoms with Crippen molar-refractivity contribution in [3.63, 3.8) is 0 Å². The Bertz CT molecular complexity index is 1070. The molecule has 1 fully saturated rings. The van der Waals surface area contributed by atoms with E-state index in [1.807, 2.05) is 54.6 Å². The fourth-order valence-electron chi connectivity index (χ4n) is 4.42. The number of thioether (sulfide) groups is 1. The minimum Gasteiger partial charge on any atom is -0.480 e. The first kappa shape index (κ1) is 22.6. The highest BCUT2D eigenvalue weighted by Crippen LogP contribution is 2.52. The molecule has 0 aliphatic carbocycles. The van der Waals surface area contributed by atoms with Gasteiger partial charge >= 0.3 is 5.97 Å². The zero-order valence-corrected chi connectivity index (χ0v) is 19.3. The Kier molecular flexibility index (Phi) is 6.42. The minimum absolute atomic E-state index is 0.161. The Morgan fingerprint density at radius 2 is 1.28 bits per heavy atom. The first-order valence-electron chi connectivity index (χ1n) is 10.4. The first-order chi connectivity index (χ1) is 15.3. The number of hydrogen-bond donors (Lipinski definition) is 1. The monoisotopic (exact) mass is 467 g/mol. The highest BCUT2D eigenvalue weighted by atomic mass is 32.2. The number of hydrogen-bond acceptors (Lipinski definition) is 4. The van der Waals surface area contributed by atoms with Gasteiger partial charge in [-0.15, -0.1) is 11.8 Å². The fraction of sp³-hybridized carbons (Fsp3) is 0.240. The molecular formula is C25H25NO4S2. The number of carboxylic acids is 1. The summed E-state index contributed by atoms with van der Waals surface area (Å²) in [7, 11) is -3.64. The maximum Gasteiger partial charge on any atom is 0.322 e. The number of carbonyl (C=O) groups is 1. The second-order valence-corrected chi connectivity index (χ2v) is 11.4. The SMILES string of the molecule is CS(=O)(=O)N1CC(SC(c2ccccc2)(c2ccccc2)c2ccccc2)CC1C(=O)O. The molecule has 0 spiro atoms. The van der Waals surface area contributed by atoms with Crippen molar-refractivity contribution in [1.82, 2.24) is 4.31 Å². The normalized spacial score (nSPS) is 19.7. The quantitative estimate of drug-likeness (QED) is 0.527. The Morgan fingerprint density at radius 3 is 1.59 bits per heavy atom. The number of aliphatic carboxylic acids is 1. The van der Waals surface area contributed by atoms with Gasteiger partial charge in [-0.05, 0) is 23.1 Å². The van der Waals surface area contributed by atoms with Crippen molar-refractivity contribution in [2.75, 3.05) is 12.8 Å². The van der Waals surface area contributed by atoms with Gasteiger partial charge in [0, 0.05) is 11.8 Å². The lowest BCUT2D eigenvalue weighted by Gasteiger charge is -2.37. The molecule has 3 aromatic carbocycles. The van der Waals surface area contributed by atoms with Gasteiger partial charge in [-0.1, -0.05) is 91.0 Å². The van der Waals surface area contributed by atoms with Gasteiger partial charge in [0.2, 0.25) is 10.0 Å². The molecule has 2 atom stereocenters. The second-order valence-electron chi connectivity index (χ2n) is 7.94. The Morgan fingerprint density at radius 1 is 0.875 bits per heavy atom. The second kappa shape index (κ2) is 9.10. The molecule has 0 radical (unpaired) electrons. The molecule has 0 aromatic heterocycles. The van der Waals surface area contributed by atoms with E-state index in [9.17, 15) is 18.3 Å². The smallest absolute Gasteiger partial charge is 0.322 e. The van der Waals surface area contributed by atoms with Gasteiger partial charge in [0.1, 0.15) is 6.04 Å². The fourth-order valence-corrected chi connectivity index (χ4v) is 7.43. The largest absolute Gasteiger partial charge is 0.480 e. The Labute approximate surface area is 193 Å². The molecule has 0 saturated carbocycles. The molecular weight excluding hydrogens is 442 g/mol. The van der Waals surface area contributed by atoms with Crippen LogP contribution in [0.3, 0.4) is 0 Å². The third kappa shape index (κ3) is 4.33. The molecule has 0 bridgehead atoms. The zero-order valence-electron chi connectivity index (χ0n) is 17.7. The molecule has 166 valence electrons. The molecule has 1 saturated heterocycles. The van der Waals surface area contributed by atoms with Crippen LogP contribution in [-0.2, 0) is 19.6 Å². The van der Waals surface area contributed by atoms with Crippen LogP contribution in [0, 0.1) is 0 Å². The van der Waals surface area contributed by atoms with E-state index in [1.54, 1.807) is 11.8 Å². The molecule has 4 rings (SSSR count). The Hall–Kier alpha value is -2.61. The van der Waals surface area contributed by atoms with E-state index in [1.165, 1.54) is 0 Å². The number of carboxylic acid groups (broad SMARTS) is 1. The average Bonchev–Trinajstić information content (AvgIpc) is 3.24. The van der Waals surface area contributed by atoms with E-state index in [2.05, 4.69) is 36.4 Å². The lowest BCUT2D eigenvalue weighted by molar-refractivity contribution is -0.140. The minimum atomic E-state index is -3.64. The van der Waals surface area contributed by atoms with E-state index in [0.29, 0.717) is 0 Å². The van der Waals surface area contributed by atoms with Crippen molar-refractivity contribution in [2.45, 2.75) is 22.5 Å². The van der Waals surface area contributed by atoms with Gasteiger partial charge in [0.05, 0.1) is 11.0 Å². The first-order valence-corrected chi connectivity index (χ1v) is 13.1. The summed E-state index contributed by atoms with van der Waals surface area (Å²) in [4.78, 5) is 11.9. The molecule has 2 unspecified atom stereocenters.